The lowest BCUT2D eigenvalue weighted by Gasteiger charge is -2.09. The van der Waals surface area contributed by atoms with E-state index >= 15 is 0 Å². The molecule has 0 bridgehead atoms. The highest BCUT2D eigenvalue weighted by Gasteiger charge is 2.14. The van der Waals surface area contributed by atoms with Crippen LogP contribution in [0.4, 0.5) is 5.69 Å². The zero-order valence-electron chi connectivity index (χ0n) is 9.25. The van der Waals surface area contributed by atoms with Crippen molar-refractivity contribution >= 4 is 46.4 Å². The maximum atomic E-state index is 12.0. The molecule has 7 heteroatoms. The summed E-state index contributed by atoms with van der Waals surface area (Å²) in [5.74, 6) is -0.346. The van der Waals surface area contributed by atoms with Crippen LogP contribution in [-0.4, -0.2) is 15.5 Å². The van der Waals surface area contributed by atoms with Crippen molar-refractivity contribution < 1.29 is 4.79 Å². The van der Waals surface area contributed by atoms with Crippen molar-refractivity contribution in [1.82, 2.24) is 9.55 Å². The summed E-state index contributed by atoms with van der Waals surface area (Å²) in [6, 6.07) is 3.02. The first-order valence-corrected chi connectivity index (χ1v) is 6.04. The molecule has 0 fully saturated rings. The number of nitrogens with zero attached hydrogens (tertiary/aromatic N) is 2. The summed E-state index contributed by atoms with van der Waals surface area (Å²) in [6.07, 6.45) is 2.98. The lowest BCUT2D eigenvalue weighted by Crippen LogP contribution is -2.15. The third-order valence-electron chi connectivity index (χ3n) is 2.29. The molecule has 2 rings (SSSR count). The lowest BCUT2D eigenvalue weighted by atomic mass is 10.3. The summed E-state index contributed by atoms with van der Waals surface area (Å²) in [6.45, 7) is 0. The van der Waals surface area contributed by atoms with Crippen LogP contribution in [0.15, 0.2) is 24.7 Å². The standard InChI is InChI=1S/C11H8Cl3N3O/c1-17-5-15-4-9(17)11(18)16-10-7(13)2-6(12)3-8(10)14/h2-5H,1H3,(H,16,18). The Morgan fingerprint density at radius 2 is 1.89 bits per heavy atom. The van der Waals surface area contributed by atoms with Gasteiger partial charge in [-0.15, -0.1) is 0 Å². The van der Waals surface area contributed by atoms with Gasteiger partial charge in [-0.25, -0.2) is 4.98 Å². The summed E-state index contributed by atoms with van der Waals surface area (Å²) in [5.41, 5.74) is 0.728. The Morgan fingerprint density at radius 3 is 2.39 bits per heavy atom. The Hall–Kier alpha value is -1.23. The predicted octanol–water partition coefficient (Wildman–Crippen LogP) is 3.63. The third-order valence-corrected chi connectivity index (χ3v) is 3.11. The summed E-state index contributed by atoms with van der Waals surface area (Å²) >= 11 is 17.7. The van der Waals surface area contributed by atoms with Crippen molar-refractivity contribution in [2.24, 2.45) is 7.05 Å². The molecule has 18 heavy (non-hydrogen) atoms. The molecule has 1 heterocycles. The minimum atomic E-state index is -0.346. The number of rotatable bonds is 2. The number of hydrogen-bond acceptors (Lipinski definition) is 2. The van der Waals surface area contributed by atoms with E-state index in [1.807, 2.05) is 0 Å². The Bertz CT molecular complexity index is 586. The minimum absolute atomic E-state index is 0.281. The van der Waals surface area contributed by atoms with Crippen molar-refractivity contribution in [2.45, 2.75) is 0 Å². The molecule has 1 N–H and O–H groups in total. The first-order valence-electron chi connectivity index (χ1n) is 4.91. The van der Waals surface area contributed by atoms with Gasteiger partial charge in [0.25, 0.3) is 5.91 Å². The second-order valence-electron chi connectivity index (χ2n) is 3.59. The molecule has 2 aromatic rings. The highest BCUT2D eigenvalue weighted by atomic mass is 35.5. The highest BCUT2D eigenvalue weighted by Crippen LogP contribution is 2.33. The van der Waals surface area contributed by atoms with E-state index in [4.69, 9.17) is 34.8 Å². The fraction of sp³-hybridized carbons (Fsp3) is 0.0909. The summed E-state index contributed by atoms with van der Waals surface area (Å²) in [5, 5.41) is 3.59. The Morgan fingerprint density at radius 1 is 1.28 bits per heavy atom. The molecule has 0 saturated carbocycles. The monoisotopic (exact) mass is 303 g/mol. The van der Waals surface area contributed by atoms with Gasteiger partial charge in [-0.1, -0.05) is 34.8 Å². The molecule has 1 amide bonds. The van der Waals surface area contributed by atoms with E-state index in [1.54, 1.807) is 11.6 Å². The Kier molecular flexibility index (Phi) is 3.80. The highest BCUT2D eigenvalue weighted by molar-refractivity contribution is 6.42. The van der Waals surface area contributed by atoms with E-state index in [9.17, 15) is 4.79 Å². The van der Waals surface area contributed by atoms with Crippen molar-refractivity contribution in [2.75, 3.05) is 5.32 Å². The van der Waals surface area contributed by atoms with E-state index in [2.05, 4.69) is 10.3 Å². The van der Waals surface area contributed by atoms with Gasteiger partial charge in [0.2, 0.25) is 0 Å². The van der Waals surface area contributed by atoms with E-state index in [0.717, 1.165) is 0 Å². The maximum Gasteiger partial charge on any atom is 0.274 e. The molecule has 0 aliphatic carbocycles. The second kappa shape index (κ2) is 5.18. The average Bonchev–Trinajstić information content (AvgIpc) is 2.69. The number of carbonyl (C=O) groups is 1. The van der Waals surface area contributed by atoms with Gasteiger partial charge in [-0.3, -0.25) is 4.79 Å². The van der Waals surface area contributed by atoms with Crippen LogP contribution in [0.3, 0.4) is 0 Å². The fourth-order valence-electron chi connectivity index (χ4n) is 1.42. The maximum absolute atomic E-state index is 12.0. The molecule has 0 aliphatic rings. The number of anilines is 1. The van der Waals surface area contributed by atoms with Crippen LogP contribution >= 0.6 is 34.8 Å². The Balaban J connectivity index is 2.31. The molecule has 1 aromatic carbocycles. The topological polar surface area (TPSA) is 46.9 Å². The number of nitrogens with one attached hydrogen (secondary N) is 1. The normalized spacial score (nSPS) is 10.4. The van der Waals surface area contributed by atoms with Crippen LogP contribution in [0.2, 0.25) is 15.1 Å². The molecule has 0 atom stereocenters. The molecule has 1 aromatic heterocycles. The van der Waals surface area contributed by atoms with Gasteiger partial charge in [0.05, 0.1) is 28.3 Å². The van der Waals surface area contributed by atoms with Crippen LogP contribution < -0.4 is 5.32 Å². The molecule has 0 unspecified atom stereocenters. The number of amides is 1. The number of hydrogen-bond donors (Lipinski definition) is 1. The van der Waals surface area contributed by atoms with E-state index < -0.39 is 0 Å². The summed E-state index contributed by atoms with van der Waals surface area (Å²) in [4.78, 5) is 15.8. The largest absolute Gasteiger partial charge is 0.330 e. The molecule has 0 radical (unpaired) electrons. The van der Waals surface area contributed by atoms with E-state index in [1.165, 1.54) is 24.7 Å². The van der Waals surface area contributed by atoms with Gasteiger partial charge >= 0.3 is 0 Å². The lowest BCUT2D eigenvalue weighted by molar-refractivity contribution is 0.101. The summed E-state index contributed by atoms with van der Waals surface area (Å²) in [7, 11) is 1.72. The van der Waals surface area contributed by atoms with Crippen LogP contribution in [0.1, 0.15) is 10.5 Å². The second-order valence-corrected chi connectivity index (χ2v) is 4.84. The Labute approximate surface area is 118 Å². The first-order chi connectivity index (χ1) is 8.49. The van der Waals surface area contributed by atoms with Crippen molar-refractivity contribution in [3.63, 3.8) is 0 Å². The van der Waals surface area contributed by atoms with Crippen molar-refractivity contribution in [1.29, 1.82) is 0 Å². The zero-order valence-corrected chi connectivity index (χ0v) is 11.5. The number of aryl methyl sites for hydroxylation is 1. The third kappa shape index (κ3) is 2.61. The summed E-state index contributed by atoms with van der Waals surface area (Å²) < 4.78 is 1.59. The molecule has 0 aliphatic heterocycles. The molecular weight excluding hydrogens is 296 g/mol. The fourth-order valence-corrected chi connectivity index (χ4v) is 2.33. The van der Waals surface area contributed by atoms with Crippen LogP contribution in [-0.2, 0) is 7.05 Å². The molecular formula is C11H8Cl3N3O. The SMILES string of the molecule is Cn1cncc1C(=O)Nc1c(Cl)cc(Cl)cc1Cl. The first kappa shape index (κ1) is 13.2. The molecule has 0 saturated heterocycles. The van der Waals surface area contributed by atoms with Gasteiger partial charge in [0, 0.05) is 12.1 Å². The number of benzene rings is 1. The average molecular weight is 305 g/mol. The molecule has 0 spiro atoms. The number of aromatic nitrogens is 2. The van der Waals surface area contributed by atoms with Crippen LogP contribution in [0.25, 0.3) is 0 Å². The zero-order chi connectivity index (χ0) is 13.3. The van der Waals surface area contributed by atoms with E-state index in [0.29, 0.717) is 16.4 Å². The van der Waals surface area contributed by atoms with E-state index in [-0.39, 0.29) is 16.0 Å². The van der Waals surface area contributed by atoms with Gasteiger partial charge in [0.1, 0.15) is 5.69 Å². The van der Waals surface area contributed by atoms with Gasteiger partial charge in [-0.05, 0) is 12.1 Å². The predicted molar refractivity (Wildman–Crippen MR) is 72.6 cm³/mol. The van der Waals surface area contributed by atoms with Crippen LogP contribution in [0.5, 0.6) is 0 Å². The molecule has 4 nitrogen and oxygen atoms in total. The number of carbonyl (C=O) groups excluding carboxylic acids is 1. The van der Waals surface area contributed by atoms with Gasteiger partial charge < -0.3 is 9.88 Å². The molecule has 94 valence electrons. The van der Waals surface area contributed by atoms with Gasteiger partial charge in [0.15, 0.2) is 0 Å². The minimum Gasteiger partial charge on any atom is -0.330 e. The van der Waals surface area contributed by atoms with Crippen LogP contribution in [0, 0.1) is 0 Å². The van der Waals surface area contributed by atoms with Crippen molar-refractivity contribution in [3.8, 4) is 0 Å². The number of imidazole rings is 1. The van der Waals surface area contributed by atoms with Gasteiger partial charge in [-0.2, -0.15) is 0 Å². The quantitative estimate of drug-likeness (QED) is 0.921. The van der Waals surface area contributed by atoms with Crippen molar-refractivity contribution in [3.05, 3.63) is 45.4 Å². The smallest absolute Gasteiger partial charge is 0.274 e. The number of halogens is 3.